The van der Waals surface area contributed by atoms with Crippen LogP contribution in [0.5, 0.6) is 0 Å². The average molecular weight is 255 g/mol. The molecule has 0 aromatic heterocycles. The van der Waals surface area contributed by atoms with E-state index in [-0.39, 0.29) is 11.3 Å². The highest BCUT2D eigenvalue weighted by atomic mass is 16.7. The van der Waals surface area contributed by atoms with Crippen LogP contribution in [0.1, 0.15) is 71.6 Å². The van der Waals surface area contributed by atoms with E-state index in [0.29, 0.717) is 6.42 Å². The van der Waals surface area contributed by atoms with Gasteiger partial charge in [0.15, 0.2) is 5.71 Å². The topological polar surface area (TPSA) is 58.9 Å². The van der Waals surface area contributed by atoms with Gasteiger partial charge < -0.3 is 9.94 Å². The maximum atomic E-state index is 10.9. The molecule has 1 heterocycles. The molecule has 0 fully saturated rings. The van der Waals surface area contributed by atoms with Gasteiger partial charge >= 0.3 is 5.97 Å². The second-order valence-electron chi connectivity index (χ2n) is 5.21. The van der Waals surface area contributed by atoms with E-state index in [9.17, 15) is 4.79 Å². The summed E-state index contributed by atoms with van der Waals surface area (Å²) >= 11 is 0. The molecule has 1 N–H and O–H groups in total. The van der Waals surface area contributed by atoms with Crippen molar-refractivity contribution in [3.63, 3.8) is 0 Å². The lowest BCUT2D eigenvalue weighted by Gasteiger charge is -2.26. The lowest BCUT2D eigenvalue weighted by Crippen LogP contribution is -2.30. The zero-order valence-electron chi connectivity index (χ0n) is 11.6. The SMILES string of the molecule is CCCCCC1(CCCCC)CC(C(=O)O)=NO1. The van der Waals surface area contributed by atoms with E-state index in [1.807, 2.05) is 0 Å². The van der Waals surface area contributed by atoms with Gasteiger partial charge in [0.05, 0.1) is 0 Å². The molecule has 1 aliphatic heterocycles. The van der Waals surface area contributed by atoms with Gasteiger partial charge in [-0.15, -0.1) is 0 Å². The molecular weight excluding hydrogens is 230 g/mol. The molecule has 18 heavy (non-hydrogen) atoms. The van der Waals surface area contributed by atoms with Gasteiger partial charge in [-0.25, -0.2) is 4.79 Å². The number of unbranched alkanes of at least 4 members (excludes halogenated alkanes) is 4. The average Bonchev–Trinajstić information content (AvgIpc) is 2.75. The molecule has 0 spiro atoms. The molecule has 1 aliphatic rings. The van der Waals surface area contributed by atoms with Crippen molar-refractivity contribution in [1.29, 1.82) is 0 Å². The summed E-state index contributed by atoms with van der Waals surface area (Å²) in [6.45, 7) is 4.33. The predicted octanol–water partition coefficient (Wildman–Crippen LogP) is 3.75. The van der Waals surface area contributed by atoms with Crippen LogP contribution in [-0.4, -0.2) is 22.4 Å². The smallest absolute Gasteiger partial charge is 0.353 e. The first-order valence-corrected chi connectivity index (χ1v) is 7.12. The fourth-order valence-electron chi connectivity index (χ4n) is 2.42. The second kappa shape index (κ2) is 7.39. The molecule has 0 unspecified atom stereocenters. The van der Waals surface area contributed by atoms with Gasteiger partial charge in [0, 0.05) is 6.42 Å². The van der Waals surface area contributed by atoms with Crippen LogP contribution in [0.15, 0.2) is 5.16 Å². The minimum absolute atomic E-state index is 0.183. The lowest BCUT2D eigenvalue weighted by atomic mass is 9.86. The van der Waals surface area contributed by atoms with Crippen molar-refractivity contribution >= 4 is 11.7 Å². The molecule has 0 radical (unpaired) electrons. The molecule has 0 aromatic rings. The standard InChI is InChI=1S/C14H25NO3/c1-3-5-7-9-14(10-8-6-4-2)11-12(13(16)17)15-18-14/h3-11H2,1-2H3,(H,16,17). The molecule has 1 rings (SSSR count). The number of oxime groups is 1. The van der Waals surface area contributed by atoms with Crippen molar-refractivity contribution in [2.24, 2.45) is 5.16 Å². The van der Waals surface area contributed by atoms with E-state index in [1.54, 1.807) is 0 Å². The summed E-state index contributed by atoms with van der Waals surface area (Å²) in [6, 6.07) is 0. The number of aliphatic carboxylic acids is 1. The van der Waals surface area contributed by atoms with Crippen LogP contribution in [0, 0.1) is 0 Å². The number of hydrogen-bond acceptors (Lipinski definition) is 3. The Morgan fingerprint density at radius 2 is 1.78 bits per heavy atom. The van der Waals surface area contributed by atoms with E-state index in [0.717, 1.165) is 38.5 Å². The third-order valence-electron chi connectivity index (χ3n) is 3.56. The molecule has 4 nitrogen and oxygen atoms in total. The molecule has 0 saturated heterocycles. The lowest BCUT2D eigenvalue weighted by molar-refractivity contribution is -0.129. The Bertz CT molecular complexity index is 289. The summed E-state index contributed by atoms with van der Waals surface area (Å²) in [5.41, 5.74) is -0.152. The van der Waals surface area contributed by atoms with Crippen molar-refractivity contribution in [2.75, 3.05) is 0 Å². The Hall–Kier alpha value is -1.06. The summed E-state index contributed by atoms with van der Waals surface area (Å²) in [6.07, 6.45) is 9.15. The first-order valence-electron chi connectivity index (χ1n) is 7.12. The fraction of sp³-hybridized carbons (Fsp3) is 0.857. The van der Waals surface area contributed by atoms with Gasteiger partial charge in [0.25, 0.3) is 0 Å². The van der Waals surface area contributed by atoms with Crippen LogP contribution in [-0.2, 0) is 9.63 Å². The zero-order valence-corrected chi connectivity index (χ0v) is 11.6. The molecule has 104 valence electrons. The summed E-state index contributed by atoms with van der Waals surface area (Å²) in [7, 11) is 0. The van der Waals surface area contributed by atoms with Crippen LogP contribution in [0.2, 0.25) is 0 Å². The predicted molar refractivity (Wildman–Crippen MR) is 71.8 cm³/mol. The third-order valence-corrected chi connectivity index (χ3v) is 3.56. The summed E-state index contributed by atoms with van der Waals surface area (Å²) in [5, 5.41) is 12.7. The van der Waals surface area contributed by atoms with Crippen molar-refractivity contribution < 1.29 is 14.7 Å². The zero-order chi connectivity index (χ0) is 13.4. The monoisotopic (exact) mass is 255 g/mol. The Morgan fingerprint density at radius 1 is 1.22 bits per heavy atom. The van der Waals surface area contributed by atoms with Gasteiger partial charge in [0.2, 0.25) is 0 Å². The Balaban J connectivity index is 2.51. The highest BCUT2D eigenvalue weighted by Gasteiger charge is 2.40. The largest absolute Gasteiger partial charge is 0.477 e. The molecule has 0 aliphatic carbocycles. The molecule has 0 saturated carbocycles. The number of carboxylic acid groups (broad SMARTS) is 1. The fourth-order valence-corrected chi connectivity index (χ4v) is 2.42. The maximum absolute atomic E-state index is 10.9. The van der Waals surface area contributed by atoms with Crippen molar-refractivity contribution in [3.8, 4) is 0 Å². The van der Waals surface area contributed by atoms with Gasteiger partial charge in [-0.1, -0.05) is 44.7 Å². The maximum Gasteiger partial charge on any atom is 0.353 e. The second-order valence-corrected chi connectivity index (χ2v) is 5.21. The molecular formula is C14H25NO3. The van der Waals surface area contributed by atoms with Gasteiger partial charge in [0.1, 0.15) is 5.60 Å². The first kappa shape index (κ1) is 15.0. The molecule has 0 bridgehead atoms. The van der Waals surface area contributed by atoms with Crippen LogP contribution in [0.25, 0.3) is 0 Å². The summed E-state index contributed by atoms with van der Waals surface area (Å²) in [5.74, 6) is -0.942. The first-order chi connectivity index (χ1) is 8.63. The minimum atomic E-state index is -0.942. The molecule has 0 atom stereocenters. The van der Waals surface area contributed by atoms with E-state index in [1.165, 1.54) is 12.8 Å². The quantitative estimate of drug-likeness (QED) is 0.638. The highest BCUT2D eigenvalue weighted by Crippen LogP contribution is 2.34. The molecule has 4 heteroatoms. The van der Waals surface area contributed by atoms with E-state index in [2.05, 4.69) is 19.0 Å². The van der Waals surface area contributed by atoms with E-state index < -0.39 is 5.97 Å². The van der Waals surface area contributed by atoms with Crippen LogP contribution in [0.4, 0.5) is 0 Å². The Morgan fingerprint density at radius 3 is 2.17 bits per heavy atom. The van der Waals surface area contributed by atoms with Crippen LogP contribution in [0.3, 0.4) is 0 Å². The number of carbonyl (C=O) groups is 1. The molecule has 0 aromatic carbocycles. The van der Waals surface area contributed by atoms with E-state index in [4.69, 9.17) is 9.94 Å². The number of carboxylic acids is 1. The Labute approximate surface area is 109 Å². The minimum Gasteiger partial charge on any atom is -0.477 e. The number of rotatable bonds is 9. The summed E-state index contributed by atoms with van der Waals surface area (Å²) in [4.78, 5) is 16.5. The van der Waals surface area contributed by atoms with E-state index >= 15 is 0 Å². The normalized spacial score (nSPS) is 17.3. The summed E-state index contributed by atoms with van der Waals surface area (Å²) < 4.78 is 0. The number of nitrogens with zero attached hydrogens (tertiary/aromatic N) is 1. The van der Waals surface area contributed by atoms with Crippen LogP contribution < -0.4 is 0 Å². The van der Waals surface area contributed by atoms with Crippen molar-refractivity contribution in [3.05, 3.63) is 0 Å². The molecule has 0 amide bonds. The Kier molecular flexibility index (Phi) is 6.16. The number of hydrogen-bond donors (Lipinski definition) is 1. The van der Waals surface area contributed by atoms with Crippen LogP contribution >= 0.6 is 0 Å². The highest BCUT2D eigenvalue weighted by molar-refractivity contribution is 6.36. The van der Waals surface area contributed by atoms with Gasteiger partial charge in [-0.05, 0) is 25.7 Å². The van der Waals surface area contributed by atoms with Gasteiger partial charge in [-0.3, -0.25) is 0 Å². The third kappa shape index (κ3) is 4.31. The van der Waals surface area contributed by atoms with Crippen molar-refractivity contribution in [2.45, 2.75) is 77.2 Å². The van der Waals surface area contributed by atoms with Crippen molar-refractivity contribution in [1.82, 2.24) is 0 Å². The van der Waals surface area contributed by atoms with Gasteiger partial charge in [-0.2, -0.15) is 0 Å².